The number of carbonyl (C=O) groups excluding carboxylic acids is 2. The molecule has 3 amide bonds. The lowest BCUT2D eigenvalue weighted by molar-refractivity contribution is -0.131. The Morgan fingerprint density at radius 2 is 1.79 bits per heavy atom. The molecule has 0 heterocycles. The molecule has 0 unspecified atom stereocenters. The van der Waals surface area contributed by atoms with Crippen molar-refractivity contribution in [3.8, 4) is 0 Å². The molecule has 19 heavy (non-hydrogen) atoms. The Hall–Kier alpha value is -1.85. The molecule has 0 spiro atoms. The van der Waals surface area contributed by atoms with Crippen LogP contribution in [-0.4, -0.2) is 29.6 Å². The number of aliphatic carboxylic acids is 1. The minimum atomic E-state index is -1.23. The lowest BCUT2D eigenvalue weighted by Gasteiger charge is -2.26. The maximum atomic E-state index is 11.4. The summed E-state index contributed by atoms with van der Waals surface area (Å²) in [6.07, 6.45) is 6.03. The molecule has 3 N–H and O–H groups in total. The molecule has 0 saturated heterocycles. The molecule has 0 aromatic carbocycles. The number of hydrogen-bond acceptors (Lipinski definition) is 3. The Labute approximate surface area is 112 Å². The van der Waals surface area contributed by atoms with Gasteiger partial charge in [0.05, 0.1) is 0 Å². The van der Waals surface area contributed by atoms with Crippen molar-refractivity contribution in [1.82, 2.24) is 10.6 Å². The predicted molar refractivity (Wildman–Crippen MR) is 69.4 cm³/mol. The van der Waals surface area contributed by atoms with Crippen molar-refractivity contribution in [3.05, 3.63) is 12.2 Å². The van der Waals surface area contributed by atoms with E-state index >= 15 is 0 Å². The van der Waals surface area contributed by atoms with Crippen molar-refractivity contribution in [2.24, 2.45) is 11.8 Å². The fourth-order valence-electron chi connectivity index (χ4n) is 2.12. The number of imide groups is 1. The van der Waals surface area contributed by atoms with Crippen LogP contribution < -0.4 is 10.6 Å². The van der Waals surface area contributed by atoms with Crippen LogP contribution in [0.2, 0.25) is 0 Å². The fourth-order valence-corrected chi connectivity index (χ4v) is 2.12. The van der Waals surface area contributed by atoms with Crippen molar-refractivity contribution < 1.29 is 19.5 Å². The molecule has 6 nitrogen and oxygen atoms in total. The molecule has 106 valence electrons. The topological polar surface area (TPSA) is 95.5 Å². The van der Waals surface area contributed by atoms with Crippen LogP contribution in [0.4, 0.5) is 4.79 Å². The number of hydrogen-bond donors (Lipinski definition) is 3. The summed E-state index contributed by atoms with van der Waals surface area (Å²) in [7, 11) is 0. The van der Waals surface area contributed by atoms with E-state index in [1.54, 1.807) is 0 Å². The van der Waals surface area contributed by atoms with Crippen LogP contribution in [0.5, 0.6) is 0 Å². The van der Waals surface area contributed by atoms with Gasteiger partial charge in [0.1, 0.15) is 0 Å². The van der Waals surface area contributed by atoms with Gasteiger partial charge in [-0.3, -0.25) is 10.1 Å². The van der Waals surface area contributed by atoms with E-state index in [4.69, 9.17) is 5.11 Å². The van der Waals surface area contributed by atoms with E-state index in [1.165, 1.54) is 12.8 Å². The second-order valence-corrected chi connectivity index (χ2v) is 5.00. The van der Waals surface area contributed by atoms with E-state index in [-0.39, 0.29) is 0 Å². The van der Waals surface area contributed by atoms with E-state index in [1.807, 2.05) is 5.32 Å². The minimum Gasteiger partial charge on any atom is -0.478 e. The highest BCUT2D eigenvalue weighted by molar-refractivity contribution is 6.02. The van der Waals surface area contributed by atoms with Crippen LogP contribution >= 0.6 is 0 Å². The first-order valence-corrected chi connectivity index (χ1v) is 6.47. The van der Waals surface area contributed by atoms with E-state index in [9.17, 15) is 14.4 Å². The lowest BCUT2D eigenvalue weighted by Crippen LogP contribution is -2.41. The number of amides is 3. The Morgan fingerprint density at radius 3 is 2.37 bits per heavy atom. The Morgan fingerprint density at radius 1 is 1.16 bits per heavy atom. The first-order chi connectivity index (χ1) is 8.97. The van der Waals surface area contributed by atoms with E-state index < -0.39 is 17.9 Å². The Kier molecular flexibility index (Phi) is 6.05. The molecule has 1 fully saturated rings. The minimum absolute atomic E-state index is 0.464. The summed E-state index contributed by atoms with van der Waals surface area (Å²) in [6, 6.07) is -0.585. The van der Waals surface area contributed by atoms with E-state index in [2.05, 4.69) is 12.2 Å². The summed E-state index contributed by atoms with van der Waals surface area (Å²) in [5.41, 5.74) is 0. The van der Waals surface area contributed by atoms with Crippen molar-refractivity contribution in [2.75, 3.05) is 6.54 Å². The quantitative estimate of drug-likeness (QED) is 0.669. The van der Waals surface area contributed by atoms with Crippen molar-refractivity contribution in [3.63, 3.8) is 0 Å². The molecule has 1 saturated carbocycles. The van der Waals surface area contributed by atoms with Gasteiger partial charge in [-0.25, -0.2) is 9.59 Å². The number of carbonyl (C=O) groups is 3. The maximum Gasteiger partial charge on any atom is 0.328 e. The molecule has 1 aliphatic rings. The van der Waals surface area contributed by atoms with Gasteiger partial charge in [0.2, 0.25) is 0 Å². The average molecular weight is 268 g/mol. The van der Waals surface area contributed by atoms with Gasteiger partial charge >= 0.3 is 12.0 Å². The molecule has 0 aromatic heterocycles. The second-order valence-electron chi connectivity index (χ2n) is 5.00. The monoisotopic (exact) mass is 268 g/mol. The maximum absolute atomic E-state index is 11.4. The number of urea groups is 1. The fraction of sp³-hybridized carbons (Fsp3) is 0.615. The zero-order chi connectivity index (χ0) is 14.3. The van der Waals surface area contributed by atoms with Gasteiger partial charge in [-0.15, -0.1) is 0 Å². The highest BCUT2D eigenvalue weighted by Crippen LogP contribution is 2.27. The second kappa shape index (κ2) is 7.56. The third kappa shape index (κ3) is 6.59. The van der Waals surface area contributed by atoms with Crippen LogP contribution in [0.25, 0.3) is 0 Å². The highest BCUT2D eigenvalue weighted by Gasteiger charge is 2.18. The molecule has 0 bridgehead atoms. The van der Waals surface area contributed by atoms with Gasteiger partial charge in [-0.1, -0.05) is 19.8 Å². The first-order valence-electron chi connectivity index (χ1n) is 6.47. The molecular formula is C13H20N2O4. The lowest BCUT2D eigenvalue weighted by atomic mass is 9.83. The standard InChI is InChI=1S/C13H20N2O4/c1-9-2-4-10(5-3-9)8-14-13(19)15-11(16)6-7-12(17)18/h6-7,9-10H,2-5,8H2,1H3,(H,17,18)(H2,14,15,16,19)/b7-6+. The van der Waals surface area contributed by atoms with Crippen LogP contribution in [-0.2, 0) is 9.59 Å². The third-order valence-corrected chi connectivity index (χ3v) is 3.30. The molecule has 0 aromatic rings. The van der Waals surface area contributed by atoms with Gasteiger partial charge < -0.3 is 10.4 Å². The van der Waals surface area contributed by atoms with Crippen molar-refractivity contribution in [2.45, 2.75) is 32.6 Å². The van der Waals surface area contributed by atoms with E-state index in [0.29, 0.717) is 18.5 Å². The molecule has 0 aliphatic heterocycles. The van der Waals surface area contributed by atoms with Crippen LogP contribution in [0.1, 0.15) is 32.6 Å². The van der Waals surface area contributed by atoms with E-state index in [0.717, 1.165) is 24.8 Å². The summed E-state index contributed by atoms with van der Waals surface area (Å²) in [6.45, 7) is 2.78. The summed E-state index contributed by atoms with van der Waals surface area (Å²) >= 11 is 0. The molecular weight excluding hydrogens is 248 g/mol. The first kappa shape index (κ1) is 15.2. The zero-order valence-corrected chi connectivity index (χ0v) is 11.0. The SMILES string of the molecule is CC1CCC(CNC(=O)NC(=O)/C=C/C(=O)O)CC1. The van der Waals surface area contributed by atoms with Crippen LogP contribution in [0.3, 0.4) is 0 Å². The zero-order valence-electron chi connectivity index (χ0n) is 11.0. The largest absolute Gasteiger partial charge is 0.478 e. The van der Waals surface area contributed by atoms with Crippen molar-refractivity contribution >= 4 is 17.9 Å². The van der Waals surface area contributed by atoms with Gasteiger partial charge in [0, 0.05) is 18.7 Å². The predicted octanol–water partition coefficient (Wildman–Crippen LogP) is 1.28. The van der Waals surface area contributed by atoms with Crippen LogP contribution in [0, 0.1) is 11.8 Å². The third-order valence-electron chi connectivity index (χ3n) is 3.30. The summed E-state index contributed by atoms with van der Waals surface area (Å²) in [4.78, 5) is 32.7. The highest BCUT2D eigenvalue weighted by atomic mass is 16.4. The number of nitrogens with one attached hydrogen (secondary N) is 2. The average Bonchev–Trinajstić information content (AvgIpc) is 2.36. The van der Waals surface area contributed by atoms with Gasteiger partial charge in [-0.2, -0.15) is 0 Å². The van der Waals surface area contributed by atoms with Gasteiger partial charge in [0.15, 0.2) is 0 Å². The smallest absolute Gasteiger partial charge is 0.328 e. The van der Waals surface area contributed by atoms with Gasteiger partial charge in [0.25, 0.3) is 5.91 Å². The van der Waals surface area contributed by atoms with Crippen LogP contribution in [0.15, 0.2) is 12.2 Å². The normalized spacial score (nSPS) is 23.0. The molecule has 0 atom stereocenters. The molecule has 6 heteroatoms. The molecule has 0 radical (unpaired) electrons. The summed E-state index contributed by atoms with van der Waals surface area (Å²) in [5.74, 6) is -0.747. The summed E-state index contributed by atoms with van der Waals surface area (Å²) < 4.78 is 0. The Balaban J connectivity index is 2.21. The molecule has 1 rings (SSSR count). The van der Waals surface area contributed by atoms with Gasteiger partial charge in [-0.05, 0) is 24.7 Å². The molecule has 1 aliphatic carbocycles. The Bertz CT molecular complexity index is 371. The van der Waals surface area contributed by atoms with Crippen molar-refractivity contribution in [1.29, 1.82) is 0 Å². The number of carboxylic acid groups (broad SMARTS) is 1. The number of rotatable bonds is 4. The number of carboxylic acids is 1. The summed E-state index contributed by atoms with van der Waals surface area (Å²) in [5, 5.41) is 13.0.